The van der Waals surface area contributed by atoms with E-state index >= 15 is 0 Å². The van der Waals surface area contributed by atoms with E-state index in [0.29, 0.717) is 24.1 Å². The highest BCUT2D eigenvalue weighted by Gasteiger charge is 2.30. The molecule has 1 aromatic rings. The van der Waals surface area contributed by atoms with Crippen molar-refractivity contribution in [2.24, 2.45) is 0 Å². The minimum Gasteiger partial charge on any atom is -0.299 e. The van der Waals surface area contributed by atoms with Crippen LogP contribution >= 0.6 is 0 Å². The molecule has 1 heterocycles. The zero-order valence-corrected chi connectivity index (χ0v) is 11.9. The molecule has 0 atom stereocenters. The first kappa shape index (κ1) is 15.8. The van der Waals surface area contributed by atoms with Crippen LogP contribution in [0.2, 0.25) is 0 Å². The van der Waals surface area contributed by atoms with E-state index in [9.17, 15) is 18.0 Å². The highest BCUT2D eigenvalue weighted by atomic mass is 19.4. The van der Waals surface area contributed by atoms with Crippen molar-refractivity contribution in [2.75, 3.05) is 19.6 Å². The molecule has 0 spiro atoms. The van der Waals surface area contributed by atoms with Gasteiger partial charge in [0.15, 0.2) is 5.78 Å². The monoisotopic (exact) mass is 297 g/mol. The first-order chi connectivity index (χ1) is 9.90. The predicted octanol–water partition coefficient (Wildman–Crippen LogP) is 3.77. The van der Waals surface area contributed by atoms with E-state index in [4.69, 9.17) is 0 Å². The van der Waals surface area contributed by atoms with Gasteiger partial charge in [0.25, 0.3) is 0 Å². The molecule has 2 rings (SSSR count). The van der Waals surface area contributed by atoms with Gasteiger partial charge in [-0.2, -0.15) is 13.2 Å². The molecule has 0 saturated carbocycles. The van der Waals surface area contributed by atoms with Crippen LogP contribution in [-0.4, -0.2) is 30.3 Å². The summed E-state index contributed by atoms with van der Waals surface area (Å²) < 4.78 is 38.1. The molecule has 0 unspecified atom stereocenters. The third kappa shape index (κ3) is 4.17. The number of ketones is 1. The minimum atomic E-state index is -4.36. The lowest BCUT2D eigenvalue weighted by molar-refractivity contribution is -0.137. The van der Waals surface area contributed by atoms with E-state index in [1.807, 2.05) is 0 Å². The Morgan fingerprint density at radius 3 is 2.76 bits per heavy atom. The van der Waals surface area contributed by atoms with Gasteiger partial charge in [0.05, 0.1) is 5.56 Å². The van der Waals surface area contributed by atoms with Crippen molar-refractivity contribution in [3.05, 3.63) is 41.0 Å². The minimum absolute atomic E-state index is 0.0276. The number of Topliss-reactive ketones (excluding diaryl/α,β-unsaturated/α-hetero) is 1. The van der Waals surface area contributed by atoms with Crippen molar-refractivity contribution in [1.29, 1.82) is 0 Å². The highest BCUT2D eigenvalue weighted by molar-refractivity contribution is 6.00. The SMILES string of the molecule is CCCN1CCC(=O)/C(=C/c2cccc(C(F)(F)F)c2)C1. The topological polar surface area (TPSA) is 20.3 Å². The van der Waals surface area contributed by atoms with Gasteiger partial charge in [0.1, 0.15) is 0 Å². The Labute approximate surface area is 122 Å². The summed E-state index contributed by atoms with van der Waals surface area (Å²) in [6.45, 7) is 4.20. The molecular weight excluding hydrogens is 279 g/mol. The van der Waals surface area contributed by atoms with Crippen molar-refractivity contribution in [3.63, 3.8) is 0 Å². The summed E-state index contributed by atoms with van der Waals surface area (Å²) >= 11 is 0. The average Bonchev–Trinajstić information content (AvgIpc) is 2.42. The molecule has 1 saturated heterocycles. The number of hydrogen-bond donors (Lipinski definition) is 0. The molecule has 1 aromatic carbocycles. The molecule has 0 bridgehead atoms. The zero-order chi connectivity index (χ0) is 15.5. The van der Waals surface area contributed by atoms with E-state index in [-0.39, 0.29) is 5.78 Å². The number of likely N-dealkylation sites (tertiary alicyclic amines) is 1. The Bertz CT molecular complexity index is 549. The van der Waals surface area contributed by atoms with Gasteiger partial charge < -0.3 is 0 Å². The molecule has 114 valence electrons. The summed E-state index contributed by atoms with van der Waals surface area (Å²) in [7, 11) is 0. The second-order valence-electron chi connectivity index (χ2n) is 5.24. The van der Waals surface area contributed by atoms with Gasteiger partial charge in [0, 0.05) is 25.1 Å². The number of rotatable bonds is 3. The maximum atomic E-state index is 12.7. The van der Waals surface area contributed by atoms with E-state index in [1.165, 1.54) is 6.07 Å². The first-order valence-electron chi connectivity index (χ1n) is 7.03. The summed E-state index contributed by atoms with van der Waals surface area (Å²) in [6, 6.07) is 5.08. The highest BCUT2D eigenvalue weighted by Crippen LogP contribution is 2.30. The number of halogens is 3. The van der Waals surface area contributed by atoms with E-state index in [0.717, 1.165) is 31.6 Å². The van der Waals surface area contributed by atoms with Gasteiger partial charge >= 0.3 is 6.18 Å². The Morgan fingerprint density at radius 2 is 2.10 bits per heavy atom. The van der Waals surface area contributed by atoms with Crippen molar-refractivity contribution in [3.8, 4) is 0 Å². The number of alkyl halides is 3. The molecule has 21 heavy (non-hydrogen) atoms. The zero-order valence-electron chi connectivity index (χ0n) is 11.9. The van der Waals surface area contributed by atoms with Crippen molar-refractivity contribution in [1.82, 2.24) is 4.90 Å². The molecule has 0 radical (unpaired) electrons. The normalized spacial score (nSPS) is 19.2. The molecular formula is C16H18F3NO. The lowest BCUT2D eigenvalue weighted by atomic mass is 9.99. The van der Waals surface area contributed by atoms with Gasteiger partial charge in [-0.15, -0.1) is 0 Å². The standard InChI is InChI=1S/C16H18F3NO/c1-2-7-20-8-6-15(21)13(11-20)9-12-4-3-5-14(10-12)16(17,18)19/h3-5,9-10H,2,6-8,11H2,1H3/b13-9+. The molecule has 2 nitrogen and oxygen atoms in total. The third-order valence-electron chi connectivity index (χ3n) is 3.50. The number of nitrogens with zero attached hydrogens (tertiary/aromatic N) is 1. The van der Waals surface area contributed by atoms with Gasteiger partial charge in [-0.05, 0) is 36.7 Å². The summed E-state index contributed by atoms with van der Waals surface area (Å²) in [5, 5.41) is 0. The molecule has 1 aliphatic rings. The van der Waals surface area contributed by atoms with E-state index < -0.39 is 11.7 Å². The number of hydrogen-bond acceptors (Lipinski definition) is 2. The summed E-state index contributed by atoms with van der Waals surface area (Å²) in [5.74, 6) is 0.0276. The Morgan fingerprint density at radius 1 is 1.33 bits per heavy atom. The lowest BCUT2D eigenvalue weighted by Gasteiger charge is -2.27. The molecule has 0 aliphatic carbocycles. The Balaban J connectivity index is 2.23. The van der Waals surface area contributed by atoms with Crippen LogP contribution in [-0.2, 0) is 11.0 Å². The van der Waals surface area contributed by atoms with Crippen LogP contribution in [0.3, 0.4) is 0 Å². The molecule has 0 N–H and O–H groups in total. The van der Waals surface area contributed by atoms with Crippen LogP contribution in [0.15, 0.2) is 29.8 Å². The fourth-order valence-electron chi connectivity index (χ4n) is 2.47. The van der Waals surface area contributed by atoms with E-state index in [1.54, 1.807) is 12.1 Å². The van der Waals surface area contributed by atoms with Crippen LogP contribution in [0.1, 0.15) is 30.9 Å². The second-order valence-corrected chi connectivity index (χ2v) is 5.24. The smallest absolute Gasteiger partial charge is 0.299 e. The predicted molar refractivity (Wildman–Crippen MR) is 75.8 cm³/mol. The number of benzene rings is 1. The molecule has 1 fully saturated rings. The lowest BCUT2D eigenvalue weighted by Crippen LogP contribution is -2.36. The number of piperidine rings is 1. The van der Waals surface area contributed by atoms with Gasteiger partial charge in [0.2, 0.25) is 0 Å². The fraction of sp³-hybridized carbons (Fsp3) is 0.438. The molecule has 0 aromatic heterocycles. The van der Waals surface area contributed by atoms with Crippen molar-refractivity contribution in [2.45, 2.75) is 25.9 Å². The number of carbonyl (C=O) groups is 1. The van der Waals surface area contributed by atoms with Gasteiger partial charge in [-0.25, -0.2) is 0 Å². The van der Waals surface area contributed by atoms with Crippen LogP contribution in [0.25, 0.3) is 6.08 Å². The number of carbonyl (C=O) groups excluding carboxylic acids is 1. The van der Waals surface area contributed by atoms with Crippen LogP contribution in [0, 0.1) is 0 Å². The van der Waals surface area contributed by atoms with E-state index in [2.05, 4.69) is 11.8 Å². The maximum absolute atomic E-state index is 12.7. The van der Waals surface area contributed by atoms with Crippen LogP contribution in [0.4, 0.5) is 13.2 Å². The largest absolute Gasteiger partial charge is 0.416 e. The van der Waals surface area contributed by atoms with Gasteiger partial charge in [-0.1, -0.05) is 19.1 Å². The molecule has 1 aliphatic heterocycles. The average molecular weight is 297 g/mol. The summed E-state index contributed by atoms with van der Waals surface area (Å²) in [4.78, 5) is 14.1. The van der Waals surface area contributed by atoms with Crippen LogP contribution in [0.5, 0.6) is 0 Å². The first-order valence-corrected chi connectivity index (χ1v) is 7.03. The maximum Gasteiger partial charge on any atom is 0.416 e. The fourth-order valence-corrected chi connectivity index (χ4v) is 2.47. The van der Waals surface area contributed by atoms with Crippen LogP contribution < -0.4 is 0 Å². The second kappa shape index (κ2) is 6.43. The summed E-state index contributed by atoms with van der Waals surface area (Å²) in [5.41, 5.74) is 0.325. The summed E-state index contributed by atoms with van der Waals surface area (Å²) in [6.07, 6.45) is -1.35. The van der Waals surface area contributed by atoms with Crippen molar-refractivity contribution >= 4 is 11.9 Å². The van der Waals surface area contributed by atoms with Gasteiger partial charge in [-0.3, -0.25) is 9.69 Å². The third-order valence-corrected chi connectivity index (χ3v) is 3.50. The molecule has 5 heteroatoms. The Kier molecular flexibility index (Phi) is 4.83. The van der Waals surface area contributed by atoms with Crippen molar-refractivity contribution < 1.29 is 18.0 Å². The Hall–Kier alpha value is -1.62. The quantitative estimate of drug-likeness (QED) is 0.792. The molecule has 0 amide bonds.